The molecule has 2 amide bonds. The predicted octanol–water partition coefficient (Wildman–Crippen LogP) is 2.57. The summed E-state index contributed by atoms with van der Waals surface area (Å²) in [5.41, 5.74) is -0.673. The second-order valence-electron chi connectivity index (χ2n) is 8.13. The molecule has 0 aromatic carbocycles. The van der Waals surface area contributed by atoms with Gasteiger partial charge < -0.3 is 20.1 Å². The zero-order valence-electron chi connectivity index (χ0n) is 17.0. The molecule has 7 heteroatoms. The molecule has 0 spiro atoms. The van der Waals surface area contributed by atoms with Crippen molar-refractivity contribution in [1.29, 1.82) is 0 Å². The molecule has 1 heterocycles. The van der Waals surface area contributed by atoms with Crippen molar-refractivity contribution in [2.45, 2.75) is 90.0 Å². The highest BCUT2D eigenvalue weighted by molar-refractivity contribution is 5.91. The van der Waals surface area contributed by atoms with E-state index in [0.717, 1.165) is 25.7 Å². The van der Waals surface area contributed by atoms with Crippen molar-refractivity contribution >= 4 is 17.8 Å². The number of amides is 2. The van der Waals surface area contributed by atoms with E-state index in [0.29, 0.717) is 6.42 Å². The lowest BCUT2D eigenvalue weighted by Gasteiger charge is -2.29. The minimum Gasteiger partial charge on any atom is -0.444 e. The number of carbonyl (C=O) groups is 3. The summed E-state index contributed by atoms with van der Waals surface area (Å²) in [7, 11) is 0. The minimum absolute atomic E-state index is 0.103. The van der Waals surface area contributed by atoms with Crippen LogP contribution < -0.4 is 5.32 Å². The Morgan fingerprint density at radius 1 is 1.30 bits per heavy atom. The molecule has 1 rings (SSSR count). The Balaban J connectivity index is 2.81. The number of nitrogens with zero attached hydrogens (tertiary/aromatic N) is 1. The van der Waals surface area contributed by atoms with Crippen LogP contribution in [0.4, 0.5) is 4.79 Å². The molecular weight excluding hydrogens is 348 g/mol. The molecule has 0 aliphatic carbocycles. The van der Waals surface area contributed by atoms with Crippen LogP contribution in [-0.4, -0.2) is 58.1 Å². The topological polar surface area (TPSA) is 95.9 Å². The zero-order chi connectivity index (χ0) is 20.6. The maximum atomic E-state index is 13.0. The molecular formula is C20H34N2O5. The maximum absolute atomic E-state index is 13.0. The lowest BCUT2D eigenvalue weighted by molar-refractivity contribution is -0.139. The van der Waals surface area contributed by atoms with Gasteiger partial charge in [0.05, 0.1) is 12.1 Å². The fourth-order valence-corrected chi connectivity index (χ4v) is 3.16. The van der Waals surface area contributed by atoms with Gasteiger partial charge in [0.15, 0.2) is 5.78 Å². The normalized spacial score (nSPS) is 20.9. The Kier molecular flexibility index (Phi) is 8.96. The van der Waals surface area contributed by atoms with Crippen molar-refractivity contribution in [3.05, 3.63) is 12.7 Å². The monoisotopic (exact) mass is 382 g/mol. The van der Waals surface area contributed by atoms with Crippen molar-refractivity contribution in [2.75, 3.05) is 6.54 Å². The number of allylic oxidation sites excluding steroid dienone is 1. The molecule has 1 aliphatic rings. The van der Waals surface area contributed by atoms with Crippen LogP contribution in [0.2, 0.25) is 0 Å². The zero-order valence-corrected chi connectivity index (χ0v) is 17.0. The fraction of sp³-hybridized carbons (Fsp3) is 0.750. The van der Waals surface area contributed by atoms with Crippen molar-refractivity contribution in [2.24, 2.45) is 0 Å². The Morgan fingerprint density at radius 2 is 1.96 bits per heavy atom. The number of rotatable bonds is 9. The van der Waals surface area contributed by atoms with E-state index in [1.165, 1.54) is 11.8 Å². The summed E-state index contributed by atoms with van der Waals surface area (Å²) >= 11 is 0. The number of β-amino-alcohol motifs (C(OH)–C–C–N with tert-alkyl or cyclic N) is 1. The summed E-state index contributed by atoms with van der Waals surface area (Å²) < 4.78 is 5.27. The molecule has 0 saturated carbocycles. The van der Waals surface area contributed by atoms with Crippen LogP contribution in [0, 0.1) is 0 Å². The van der Waals surface area contributed by atoms with Gasteiger partial charge in [0.1, 0.15) is 11.6 Å². The average molecular weight is 383 g/mol. The number of hydrogen-bond donors (Lipinski definition) is 2. The van der Waals surface area contributed by atoms with E-state index in [2.05, 4.69) is 11.9 Å². The highest BCUT2D eigenvalue weighted by Gasteiger charge is 2.40. The number of ether oxygens (including phenoxy) is 1. The molecule has 0 aromatic rings. The summed E-state index contributed by atoms with van der Waals surface area (Å²) in [6.45, 7) is 10.5. The number of unbranched alkanes of at least 4 members (excludes halogenated alkanes) is 3. The minimum atomic E-state index is -0.782. The molecule has 0 aromatic heterocycles. The molecule has 7 nitrogen and oxygen atoms in total. The number of nitrogens with one attached hydrogen (secondary N) is 1. The number of alkyl carbamates (subject to hydrolysis) is 1. The first-order valence-electron chi connectivity index (χ1n) is 9.64. The smallest absolute Gasteiger partial charge is 0.408 e. The Bertz CT molecular complexity index is 541. The van der Waals surface area contributed by atoms with Crippen LogP contribution in [-0.2, 0) is 14.3 Å². The highest BCUT2D eigenvalue weighted by Crippen LogP contribution is 2.21. The Labute approximate surface area is 162 Å². The van der Waals surface area contributed by atoms with E-state index in [-0.39, 0.29) is 24.7 Å². The number of aliphatic hydroxyl groups is 1. The third-order valence-electron chi connectivity index (χ3n) is 4.42. The van der Waals surface area contributed by atoms with Gasteiger partial charge in [0.25, 0.3) is 0 Å². The van der Waals surface area contributed by atoms with Crippen LogP contribution in [0.25, 0.3) is 0 Å². The van der Waals surface area contributed by atoms with Gasteiger partial charge in [-0.15, -0.1) is 6.58 Å². The van der Waals surface area contributed by atoms with E-state index in [1.54, 1.807) is 20.8 Å². The molecule has 1 aliphatic heterocycles. The van der Waals surface area contributed by atoms with Crippen molar-refractivity contribution in [3.8, 4) is 0 Å². The van der Waals surface area contributed by atoms with E-state index >= 15 is 0 Å². The van der Waals surface area contributed by atoms with Gasteiger partial charge in [0.2, 0.25) is 5.91 Å². The van der Waals surface area contributed by atoms with E-state index in [4.69, 9.17) is 4.74 Å². The third kappa shape index (κ3) is 8.12. The van der Waals surface area contributed by atoms with Gasteiger partial charge in [-0.2, -0.15) is 0 Å². The Hall–Kier alpha value is -1.89. The molecule has 0 radical (unpaired) electrons. The standard InChI is InChI=1S/C20H34N2O5/c1-6-7-8-9-10-11-16(21-19(26)27-20(3,4)5)18(25)22-13-15(24)12-17(22)14(2)23/h6,15-17,24H,1,7-13H2,2-5H3,(H,21,26). The van der Waals surface area contributed by atoms with Gasteiger partial charge >= 0.3 is 6.09 Å². The fourth-order valence-electron chi connectivity index (χ4n) is 3.16. The first kappa shape index (κ1) is 23.1. The second-order valence-corrected chi connectivity index (χ2v) is 8.13. The number of likely N-dealkylation sites (tertiary alicyclic amines) is 1. The predicted molar refractivity (Wildman–Crippen MR) is 103 cm³/mol. The number of ketones is 1. The molecule has 3 atom stereocenters. The highest BCUT2D eigenvalue weighted by atomic mass is 16.6. The summed E-state index contributed by atoms with van der Waals surface area (Å²) in [5.74, 6) is -0.511. The van der Waals surface area contributed by atoms with Crippen LogP contribution >= 0.6 is 0 Å². The maximum Gasteiger partial charge on any atom is 0.408 e. The van der Waals surface area contributed by atoms with Gasteiger partial charge in [-0.25, -0.2) is 4.79 Å². The average Bonchev–Trinajstić information content (AvgIpc) is 2.93. The summed E-state index contributed by atoms with van der Waals surface area (Å²) in [6.07, 6.45) is 4.68. The van der Waals surface area contributed by atoms with Crippen LogP contribution in [0.15, 0.2) is 12.7 Å². The molecule has 0 bridgehead atoms. The van der Waals surface area contributed by atoms with Gasteiger partial charge in [0, 0.05) is 13.0 Å². The number of aliphatic hydroxyl groups excluding tert-OH is 1. The lowest BCUT2D eigenvalue weighted by Crippen LogP contribution is -2.52. The van der Waals surface area contributed by atoms with E-state index in [9.17, 15) is 19.5 Å². The number of Topliss-reactive ketones (excluding diaryl/α,β-unsaturated/α-hetero) is 1. The first-order valence-corrected chi connectivity index (χ1v) is 9.64. The largest absolute Gasteiger partial charge is 0.444 e. The van der Waals surface area contributed by atoms with Crippen molar-refractivity contribution < 1.29 is 24.2 Å². The van der Waals surface area contributed by atoms with Crippen LogP contribution in [0.5, 0.6) is 0 Å². The van der Waals surface area contributed by atoms with Gasteiger partial charge in [-0.05, 0) is 47.0 Å². The number of hydrogen-bond acceptors (Lipinski definition) is 5. The lowest BCUT2D eigenvalue weighted by atomic mass is 10.0. The first-order chi connectivity index (χ1) is 12.5. The van der Waals surface area contributed by atoms with Crippen LogP contribution in [0.3, 0.4) is 0 Å². The van der Waals surface area contributed by atoms with Crippen LogP contribution in [0.1, 0.15) is 66.2 Å². The third-order valence-corrected chi connectivity index (χ3v) is 4.42. The number of carbonyl (C=O) groups excluding carboxylic acids is 3. The molecule has 1 saturated heterocycles. The molecule has 154 valence electrons. The Morgan fingerprint density at radius 3 is 2.52 bits per heavy atom. The summed E-state index contributed by atoms with van der Waals surface area (Å²) in [4.78, 5) is 38.4. The van der Waals surface area contributed by atoms with Crippen molar-refractivity contribution in [3.63, 3.8) is 0 Å². The van der Waals surface area contributed by atoms with Crippen molar-refractivity contribution in [1.82, 2.24) is 10.2 Å². The van der Waals surface area contributed by atoms with Gasteiger partial charge in [-0.3, -0.25) is 9.59 Å². The van der Waals surface area contributed by atoms with E-state index < -0.39 is 29.9 Å². The van der Waals surface area contributed by atoms with E-state index in [1.807, 2.05) is 6.08 Å². The molecule has 2 N–H and O–H groups in total. The quantitative estimate of drug-likeness (QED) is 0.472. The van der Waals surface area contributed by atoms with Gasteiger partial charge in [-0.1, -0.05) is 18.9 Å². The summed E-state index contributed by atoms with van der Waals surface area (Å²) in [6, 6.07) is -1.42. The second kappa shape index (κ2) is 10.4. The molecule has 1 fully saturated rings. The summed E-state index contributed by atoms with van der Waals surface area (Å²) in [5, 5.41) is 12.5. The SMILES string of the molecule is C=CCCCCCC(NC(=O)OC(C)(C)C)C(=O)N1CC(O)CC1C(C)=O. The molecule has 3 unspecified atom stereocenters. The molecule has 27 heavy (non-hydrogen) atoms.